The number of carbonyl (C=O) groups excluding carboxylic acids is 7. The van der Waals surface area contributed by atoms with E-state index in [2.05, 4.69) is 143 Å². The molecule has 0 spiro atoms. The third-order valence-corrected chi connectivity index (χ3v) is 17.4. The number of carbonyl (C=O) groups is 8. The first kappa shape index (κ1) is 79.2. The average molecular weight is 1370 g/mol. The number of carboxylic acids is 1. The fraction of sp³-hybridized carbons (Fsp3) is 0.507. The number of anilines is 1. The summed E-state index contributed by atoms with van der Waals surface area (Å²) in [7, 11) is 2.14. The summed E-state index contributed by atoms with van der Waals surface area (Å²) in [5.74, 6) is -6.00. The van der Waals surface area contributed by atoms with Crippen LogP contribution in [0.2, 0.25) is 0 Å². The number of aromatic hydroxyl groups is 1. The highest BCUT2D eigenvalue weighted by atomic mass is 16.6. The Hall–Kier alpha value is -8.81. The largest absolute Gasteiger partial charge is 0.508 e. The molecule has 2 aliphatic rings. The molecule has 24 heteroatoms. The number of fused-ring (bicyclic) bond motifs is 2. The maximum absolute atomic E-state index is 14.1. The van der Waals surface area contributed by atoms with E-state index in [9.17, 15) is 48.6 Å². The van der Waals surface area contributed by atoms with Gasteiger partial charge < -0.3 is 76.4 Å². The highest BCUT2D eigenvalue weighted by molar-refractivity contribution is 6.03. The van der Waals surface area contributed by atoms with E-state index in [-0.39, 0.29) is 80.3 Å². The van der Waals surface area contributed by atoms with Crippen molar-refractivity contribution in [2.45, 2.75) is 154 Å². The smallest absolute Gasteiger partial charge is 0.303 e. The fourth-order valence-corrected chi connectivity index (χ4v) is 12.0. The summed E-state index contributed by atoms with van der Waals surface area (Å²) in [5.41, 5.74) is 14.3. The molecule has 6 rings (SSSR count). The van der Waals surface area contributed by atoms with Crippen LogP contribution in [-0.2, 0) is 85.7 Å². The Bertz CT molecular complexity index is 3410. The van der Waals surface area contributed by atoms with Gasteiger partial charge in [-0.05, 0) is 93.3 Å². The van der Waals surface area contributed by atoms with Crippen molar-refractivity contribution in [1.29, 1.82) is 0 Å². The number of carboxylic acid groups (broad SMARTS) is 1. The van der Waals surface area contributed by atoms with Crippen LogP contribution >= 0.6 is 0 Å². The second kappa shape index (κ2) is 40.3. The number of amides is 7. The van der Waals surface area contributed by atoms with Crippen molar-refractivity contribution in [3.05, 3.63) is 149 Å². The summed E-state index contributed by atoms with van der Waals surface area (Å²) >= 11 is 0. The molecule has 2 aliphatic heterocycles. The van der Waals surface area contributed by atoms with Gasteiger partial charge in [0.25, 0.3) is 0 Å². The first-order valence-corrected chi connectivity index (χ1v) is 34.3. The van der Waals surface area contributed by atoms with Gasteiger partial charge in [0.15, 0.2) is 5.71 Å². The molecule has 0 aromatic heterocycles. The molecule has 0 saturated carbocycles. The van der Waals surface area contributed by atoms with Gasteiger partial charge in [0.2, 0.25) is 47.0 Å². The van der Waals surface area contributed by atoms with Crippen LogP contribution in [-0.4, -0.2) is 184 Å². The number of nitrogens with two attached hydrogens (primary N) is 1. The van der Waals surface area contributed by atoms with Crippen molar-refractivity contribution >= 4 is 64.4 Å². The molecule has 99 heavy (non-hydrogen) atoms. The molecule has 24 nitrogen and oxygen atoms in total. The minimum absolute atomic E-state index is 0.00500. The number of ether oxygens (including phenoxy) is 5. The van der Waals surface area contributed by atoms with Gasteiger partial charge in [0.05, 0.1) is 71.5 Å². The third kappa shape index (κ3) is 25.5. The van der Waals surface area contributed by atoms with Crippen molar-refractivity contribution in [3.8, 4) is 5.75 Å². The zero-order valence-corrected chi connectivity index (χ0v) is 58.7. The number of benzene rings is 4. The van der Waals surface area contributed by atoms with Crippen LogP contribution in [0, 0.1) is 5.92 Å². The topological polar surface area (TPSA) is 328 Å². The van der Waals surface area contributed by atoms with Crippen molar-refractivity contribution in [3.63, 3.8) is 0 Å². The molecule has 2 heterocycles. The molecule has 0 fully saturated rings. The summed E-state index contributed by atoms with van der Waals surface area (Å²) in [6.07, 6.45) is 8.95. The molecule has 5 atom stereocenters. The van der Waals surface area contributed by atoms with E-state index in [4.69, 9.17) is 29.4 Å². The van der Waals surface area contributed by atoms with Crippen molar-refractivity contribution in [2.75, 3.05) is 91.1 Å². The van der Waals surface area contributed by atoms with E-state index in [0.717, 1.165) is 31.4 Å². The lowest BCUT2D eigenvalue weighted by Crippen LogP contribution is -2.59. The minimum Gasteiger partial charge on any atom is -0.508 e. The number of aliphatic carboxylic acids is 1. The van der Waals surface area contributed by atoms with Crippen LogP contribution < -0.4 is 42.5 Å². The van der Waals surface area contributed by atoms with E-state index < -0.39 is 78.0 Å². The van der Waals surface area contributed by atoms with Gasteiger partial charge in [0.1, 0.15) is 43.0 Å². The summed E-state index contributed by atoms with van der Waals surface area (Å²) < 4.78 is 30.4. The van der Waals surface area contributed by atoms with Crippen molar-refractivity contribution < 1.29 is 76.8 Å². The average Bonchev–Trinajstić information content (AvgIpc) is 1.60. The number of phenolic OH excluding ortho intramolecular Hbond substituents is 1. The zero-order chi connectivity index (χ0) is 71.9. The molecule has 0 unspecified atom stereocenters. The highest BCUT2D eigenvalue weighted by Crippen LogP contribution is 2.48. The molecule has 10 N–H and O–H groups in total. The number of nitrogens with one attached hydrogen (secondary N) is 6. The van der Waals surface area contributed by atoms with Crippen LogP contribution in [0.25, 0.3) is 0 Å². The number of primary amides is 1. The maximum atomic E-state index is 14.1. The number of unbranched alkanes of at least 4 members (excludes halogenated alkanes) is 2. The number of para-hydroxylation sites is 2. The molecular formula is C75H104N9O15+. The molecular weight excluding hydrogens is 1270 g/mol. The lowest BCUT2D eigenvalue weighted by atomic mass is 9.81. The summed E-state index contributed by atoms with van der Waals surface area (Å²) in [6.45, 7) is 18.2. The SMILES string of the molecule is CC(C)C[C@@H](NC(=O)[C@@H](Cc1ccc(O)cc1)NC(=O)CCOCCOCCOCCOCCOCCNC(=O)CCCCCN1/C(=C/C=C/C2=[N+](C)c3ccccc3C2(C)C)C(C)(C)c2ccccc21)C(=O)N[C@H](CCC(=O)O)C(=O)N[C@H](C)C(=O)N[C@H](Cc1ccccc1)C(N)=O. The fourth-order valence-electron chi connectivity index (χ4n) is 12.0. The second-order valence-electron chi connectivity index (χ2n) is 26.3. The molecule has 4 aromatic carbocycles. The van der Waals surface area contributed by atoms with Gasteiger partial charge in [-0.1, -0.05) is 119 Å². The summed E-state index contributed by atoms with van der Waals surface area (Å²) in [4.78, 5) is 107. The normalized spacial score (nSPS) is 15.6. The van der Waals surface area contributed by atoms with E-state index in [0.29, 0.717) is 64.8 Å². The lowest BCUT2D eigenvalue weighted by Gasteiger charge is -2.27. The maximum Gasteiger partial charge on any atom is 0.303 e. The quantitative estimate of drug-likeness (QED) is 0.0178. The summed E-state index contributed by atoms with van der Waals surface area (Å²) in [6, 6.07) is 25.8. The van der Waals surface area contributed by atoms with Crippen molar-refractivity contribution in [2.24, 2.45) is 11.7 Å². The van der Waals surface area contributed by atoms with Crippen LogP contribution in [0.1, 0.15) is 122 Å². The molecule has 538 valence electrons. The van der Waals surface area contributed by atoms with Gasteiger partial charge in [-0.3, -0.25) is 38.4 Å². The van der Waals surface area contributed by atoms with Crippen LogP contribution in [0.5, 0.6) is 5.75 Å². The number of hydrogen-bond acceptors (Lipinski definition) is 15. The second-order valence-corrected chi connectivity index (χ2v) is 26.3. The molecule has 0 aliphatic carbocycles. The summed E-state index contributed by atoms with van der Waals surface area (Å²) in [5, 5.41) is 35.4. The van der Waals surface area contributed by atoms with E-state index in [1.54, 1.807) is 56.3 Å². The van der Waals surface area contributed by atoms with Gasteiger partial charge in [-0.15, -0.1) is 0 Å². The number of allylic oxidation sites excluding steroid dienone is 4. The zero-order valence-electron chi connectivity index (χ0n) is 58.7. The molecule has 0 bridgehead atoms. The Morgan fingerprint density at radius 1 is 0.556 bits per heavy atom. The standard InChI is InChI=1S/C75H103N9O15/c1-51(2)48-60(72(93)80-58(33-34-68(88)89)71(92)78-52(3)70(91)81-59(69(76)90)49-53-20-11-9-12-21-53)82-73(94)61(50-54-29-31-55(85)32-30-54)79-67(87)35-38-95-40-42-97-44-46-99-47-45-98-43-41-96-39-36-77-66(86)28-13-10-18-37-84-63-25-17-15-23-57(63)75(6,7)65(84)27-19-26-64-74(4,5)56-22-14-16-24-62(56)83(64)8/h9,11-12,14-17,19-27,29-32,51-52,58-61H,10,13,18,28,33-50H2,1-8H3,(H9-,76,77,78,79,80,81,82,85,86,87,88,89,90,91,92,93,94)/p+1/t52-,58-,59-,60-,61-/m1/s1. The van der Waals surface area contributed by atoms with Crippen LogP contribution in [0.3, 0.4) is 0 Å². The minimum atomic E-state index is -1.47. The number of rotatable bonds is 45. The van der Waals surface area contributed by atoms with E-state index >= 15 is 0 Å². The Labute approximate surface area is 582 Å². The monoisotopic (exact) mass is 1370 g/mol. The Balaban J connectivity index is 0.811. The first-order valence-electron chi connectivity index (χ1n) is 34.3. The highest BCUT2D eigenvalue weighted by Gasteiger charge is 2.43. The molecule has 0 radical (unpaired) electrons. The number of nitrogens with zero attached hydrogens (tertiary/aromatic N) is 2. The molecule has 7 amide bonds. The first-order chi connectivity index (χ1) is 47.4. The van der Waals surface area contributed by atoms with Gasteiger partial charge in [-0.25, -0.2) is 0 Å². The Morgan fingerprint density at radius 3 is 1.73 bits per heavy atom. The lowest BCUT2D eigenvalue weighted by molar-refractivity contribution is -0.401. The number of phenols is 1. The van der Waals surface area contributed by atoms with E-state index in [1.807, 2.05) is 0 Å². The van der Waals surface area contributed by atoms with Crippen LogP contribution in [0.4, 0.5) is 11.4 Å². The van der Waals surface area contributed by atoms with Gasteiger partial charge >= 0.3 is 5.97 Å². The Morgan fingerprint density at radius 2 is 1.10 bits per heavy atom. The molecule has 0 saturated heterocycles. The predicted octanol–water partition coefficient (Wildman–Crippen LogP) is 6.11. The predicted molar refractivity (Wildman–Crippen MR) is 377 cm³/mol. The van der Waals surface area contributed by atoms with E-state index in [1.165, 1.54) is 53.0 Å². The number of hydrogen-bond donors (Lipinski definition) is 9. The van der Waals surface area contributed by atoms with Crippen molar-refractivity contribution in [1.82, 2.24) is 31.9 Å². The third-order valence-electron chi connectivity index (χ3n) is 17.4. The van der Waals surface area contributed by atoms with Crippen LogP contribution in [0.15, 0.2) is 127 Å². The van der Waals surface area contributed by atoms with Gasteiger partial charge in [0, 0.05) is 79.7 Å². The Kier molecular flexibility index (Phi) is 32.2. The van der Waals surface area contributed by atoms with Gasteiger partial charge in [-0.2, -0.15) is 4.58 Å². The molecule has 4 aromatic rings.